The minimum Gasteiger partial charge on any atom is -0.489 e. The van der Waals surface area contributed by atoms with Gasteiger partial charge in [0.15, 0.2) is 5.13 Å². The maximum atomic E-state index is 13.5. The number of hydrogen-bond donors (Lipinski definition) is 1. The molecular formula is C34H30F2N2O3S. The molecule has 5 rings (SSSR count). The number of nitrogens with zero attached hydrogens (tertiary/aromatic N) is 2. The van der Waals surface area contributed by atoms with Gasteiger partial charge in [-0.25, -0.2) is 9.78 Å². The lowest BCUT2D eigenvalue weighted by Gasteiger charge is -2.22. The van der Waals surface area contributed by atoms with E-state index in [9.17, 15) is 13.6 Å². The minimum absolute atomic E-state index is 0.229. The van der Waals surface area contributed by atoms with Gasteiger partial charge >= 0.3 is 11.9 Å². The van der Waals surface area contributed by atoms with Gasteiger partial charge in [0.1, 0.15) is 12.4 Å². The lowest BCUT2D eigenvalue weighted by Crippen LogP contribution is -2.30. The average molecular weight is 585 g/mol. The highest BCUT2D eigenvalue weighted by Gasteiger charge is 2.38. The molecule has 42 heavy (non-hydrogen) atoms. The number of aromatic nitrogens is 1. The third kappa shape index (κ3) is 7.79. The second-order valence-electron chi connectivity index (χ2n) is 9.97. The van der Waals surface area contributed by atoms with E-state index in [0.717, 1.165) is 40.5 Å². The number of ether oxygens (including phenoxy) is 1. The van der Waals surface area contributed by atoms with Crippen molar-refractivity contribution in [3.63, 3.8) is 0 Å². The Morgan fingerprint density at radius 1 is 0.810 bits per heavy atom. The standard InChI is InChI=1S/C34H30F2N2O3S/c35-34(36,32(39)40)21-26-15-17-30(18-16-26)41-23-28-13-11-27(12-14-28)22-38(20-19-25-7-3-1-4-8-25)33-37-31(24-42-33)29-9-5-2-6-10-29/h1-18,24H,19-23H2,(H,39,40). The predicted molar refractivity (Wildman–Crippen MR) is 162 cm³/mol. The topological polar surface area (TPSA) is 62.7 Å². The summed E-state index contributed by atoms with van der Waals surface area (Å²) in [6.07, 6.45) is 0.0424. The van der Waals surface area contributed by atoms with Crippen molar-refractivity contribution in [3.05, 3.63) is 137 Å². The molecule has 0 saturated heterocycles. The number of aliphatic carboxylic acids is 1. The first-order valence-electron chi connectivity index (χ1n) is 13.6. The Bertz CT molecular complexity index is 1580. The van der Waals surface area contributed by atoms with E-state index in [4.69, 9.17) is 14.8 Å². The summed E-state index contributed by atoms with van der Waals surface area (Å²) in [6.45, 7) is 1.85. The van der Waals surface area contributed by atoms with Crippen molar-refractivity contribution in [1.29, 1.82) is 0 Å². The number of alkyl halides is 2. The number of thiazole rings is 1. The number of anilines is 1. The summed E-state index contributed by atoms with van der Waals surface area (Å²) < 4.78 is 32.8. The first-order chi connectivity index (χ1) is 20.4. The van der Waals surface area contributed by atoms with Crippen LogP contribution in [0.2, 0.25) is 0 Å². The van der Waals surface area contributed by atoms with Gasteiger partial charge in [0.05, 0.1) is 5.69 Å². The van der Waals surface area contributed by atoms with E-state index in [-0.39, 0.29) is 5.56 Å². The fourth-order valence-corrected chi connectivity index (χ4v) is 5.33. The third-order valence-electron chi connectivity index (χ3n) is 6.81. The summed E-state index contributed by atoms with van der Waals surface area (Å²) in [6, 6.07) is 34.9. The predicted octanol–water partition coefficient (Wildman–Crippen LogP) is 7.90. The van der Waals surface area contributed by atoms with Crippen LogP contribution in [-0.2, 0) is 30.8 Å². The zero-order valence-corrected chi connectivity index (χ0v) is 23.6. The van der Waals surface area contributed by atoms with Crippen LogP contribution in [0.1, 0.15) is 22.3 Å². The Morgan fingerprint density at radius 2 is 1.43 bits per heavy atom. The van der Waals surface area contributed by atoms with Crippen LogP contribution >= 0.6 is 11.3 Å². The third-order valence-corrected chi connectivity index (χ3v) is 7.71. The van der Waals surface area contributed by atoms with Gasteiger partial charge in [-0.1, -0.05) is 97.1 Å². The fourth-order valence-electron chi connectivity index (χ4n) is 4.47. The Labute approximate surface area is 247 Å². The summed E-state index contributed by atoms with van der Waals surface area (Å²) >= 11 is 1.65. The summed E-state index contributed by atoms with van der Waals surface area (Å²) in [5.74, 6) is -5.41. The molecule has 0 amide bonds. The maximum Gasteiger partial charge on any atom is 0.374 e. The van der Waals surface area contributed by atoms with E-state index in [1.165, 1.54) is 17.7 Å². The number of carboxylic acid groups (broad SMARTS) is 1. The van der Waals surface area contributed by atoms with Crippen LogP contribution in [0.4, 0.5) is 13.9 Å². The van der Waals surface area contributed by atoms with Gasteiger partial charge in [-0.3, -0.25) is 0 Å². The van der Waals surface area contributed by atoms with Crippen LogP contribution in [-0.4, -0.2) is 28.5 Å². The molecule has 4 aromatic carbocycles. The zero-order chi connectivity index (χ0) is 29.4. The summed E-state index contributed by atoms with van der Waals surface area (Å²) in [5, 5.41) is 11.7. The van der Waals surface area contributed by atoms with Crippen LogP contribution in [0.3, 0.4) is 0 Å². The molecule has 0 unspecified atom stereocenters. The molecular weight excluding hydrogens is 554 g/mol. The van der Waals surface area contributed by atoms with Crippen LogP contribution in [0.5, 0.6) is 5.75 Å². The number of rotatable bonds is 13. The Hall–Kier alpha value is -4.56. The molecule has 1 aromatic heterocycles. The first-order valence-corrected chi connectivity index (χ1v) is 14.4. The number of benzene rings is 4. The quantitative estimate of drug-likeness (QED) is 0.152. The number of halogens is 2. The van der Waals surface area contributed by atoms with Gasteiger partial charge in [0.25, 0.3) is 0 Å². The Balaban J connectivity index is 1.22. The minimum atomic E-state index is -3.80. The van der Waals surface area contributed by atoms with E-state index >= 15 is 0 Å². The molecule has 0 fully saturated rings. The van der Waals surface area contributed by atoms with Crippen LogP contribution < -0.4 is 9.64 Å². The van der Waals surface area contributed by atoms with Crippen molar-refractivity contribution >= 4 is 22.4 Å². The van der Waals surface area contributed by atoms with Crippen LogP contribution in [0.25, 0.3) is 11.3 Å². The molecule has 0 aliphatic rings. The highest BCUT2D eigenvalue weighted by Crippen LogP contribution is 2.29. The van der Waals surface area contributed by atoms with Crippen molar-refractivity contribution < 1.29 is 23.4 Å². The molecule has 1 N–H and O–H groups in total. The fraction of sp³-hybridized carbons (Fsp3) is 0.176. The number of hydrogen-bond acceptors (Lipinski definition) is 5. The molecule has 1 heterocycles. The molecule has 0 atom stereocenters. The summed E-state index contributed by atoms with van der Waals surface area (Å²) in [4.78, 5) is 17.9. The second-order valence-corrected chi connectivity index (χ2v) is 10.8. The van der Waals surface area contributed by atoms with Gasteiger partial charge in [0.2, 0.25) is 0 Å². The Morgan fingerprint density at radius 3 is 2.10 bits per heavy atom. The average Bonchev–Trinajstić information content (AvgIpc) is 3.51. The molecule has 0 aliphatic heterocycles. The smallest absolute Gasteiger partial charge is 0.374 e. The summed E-state index contributed by atoms with van der Waals surface area (Å²) in [5.41, 5.74) is 5.69. The van der Waals surface area contributed by atoms with Gasteiger partial charge in [0, 0.05) is 30.5 Å². The Kier molecular flexibility index (Phi) is 9.24. The molecule has 0 saturated carbocycles. The van der Waals surface area contributed by atoms with Crippen LogP contribution in [0, 0.1) is 0 Å². The molecule has 0 aliphatic carbocycles. The molecule has 5 nitrogen and oxygen atoms in total. The molecule has 214 valence electrons. The molecule has 0 radical (unpaired) electrons. The largest absolute Gasteiger partial charge is 0.489 e. The number of carboxylic acids is 1. The van der Waals surface area contributed by atoms with Crippen LogP contribution in [0.15, 0.2) is 115 Å². The SMILES string of the molecule is O=C(O)C(F)(F)Cc1ccc(OCc2ccc(CN(CCc3ccccc3)c3nc(-c4ccccc4)cs3)cc2)cc1. The van der Waals surface area contributed by atoms with Crippen molar-refractivity contribution in [2.24, 2.45) is 0 Å². The van der Waals surface area contributed by atoms with Crippen molar-refractivity contribution in [1.82, 2.24) is 4.98 Å². The van der Waals surface area contributed by atoms with E-state index in [1.807, 2.05) is 36.4 Å². The van der Waals surface area contributed by atoms with Gasteiger partial charge < -0.3 is 14.7 Å². The van der Waals surface area contributed by atoms with E-state index in [2.05, 4.69) is 58.8 Å². The van der Waals surface area contributed by atoms with Gasteiger partial charge in [-0.15, -0.1) is 11.3 Å². The zero-order valence-electron chi connectivity index (χ0n) is 22.8. The van der Waals surface area contributed by atoms with E-state index < -0.39 is 18.3 Å². The van der Waals surface area contributed by atoms with Gasteiger partial charge in [-0.2, -0.15) is 8.78 Å². The van der Waals surface area contributed by atoms with E-state index in [0.29, 0.717) is 18.9 Å². The van der Waals surface area contributed by atoms with Crippen molar-refractivity contribution in [2.75, 3.05) is 11.4 Å². The first kappa shape index (κ1) is 29.0. The lowest BCUT2D eigenvalue weighted by atomic mass is 10.1. The van der Waals surface area contributed by atoms with Crippen molar-refractivity contribution in [3.8, 4) is 17.0 Å². The highest BCUT2D eigenvalue weighted by molar-refractivity contribution is 7.14. The molecule has 0 bridgehead atoms. The lowest BCUT2D eigenvalue weighted by molar-refractivity contribution is -0.164. The molecule has 5 aromatic rings. The van der Waals surface area contributed by atoms with Crippen molar-refractivity contribution in [2.45, 2.75) is 31.9 Å². The second kappa shape index (κ2) is 13.4. The molecule has 8 heteroatoms. The normalized spacial score (nSPS) is 11.3. The molecule has 0 spiro atoms. The monoisotopic (exact) mass is 584 g/mol. The van der Waals surface area contributed by atoms with Gasteiger partial charge in [-0.05, 0) is 40.8 Å². The number of carbonyl (C=O) groups is 1. The maximum absolute atomic E-state index is 13.5. The highest BCUT2D eigenvalue weighted by atomic mass is 32.1. The van der Waals surface area contributed by atoms with E-state index in [1.54, 1.807) is 23.5 Å². The summed E-state index contributed by atoms with van der Waals surface area (Å²) in [7, 11) is 0.